The maximum atomic E-state index is 11.8. The van der Waals surface area contributed by atoms with Gasteiger partial charge in [0.15, 0.2) is 0 Å². The Morgan fingerprint density at radius 3 is 2.50 bits per heavy atom. The van der Waals surface area contributed by atoms with Crippen LogP contribution in [0.25, 0.3) is 0 Å². The minimum Gasteiger partial charge on any atom is -0.480 e. The van der Waals surface area contributed by atoms with Crippen LogP contribution in [0.3, 0.4) is 0 Å². The maximum Gasteiger partial charge on any atom is 0.329 e. The number of carbonyl (C=O) groups excluding carboxylic acids is 1. The third-order valence-electron chi connectivity index (χ3n) is 3.47. The van der Waals surface area contributed by atoms with Gasteiger partial charge in [-0.3, -0.25) is 0 Å². The molecule has 6 nitrogen and oxygen atoms in total. The Balaban J connectivity index is 1.94. The highest BCUT2D eigenvalue weighted by Gasteiger charge is 2.46. The number of amides is 2. The Kier molecular flexibility index (Phi) is 2.75. The van der Waals surface area contributed by atoms with Crippen LogP contribution in [0.4, 0.5) is 4.79 Å². The van der Waals surface area contributed by atoms with Gasteiger partial charge in [0.2, 0.25) is 0 Å². The molecule has 1 saturated heterocycles. The number of carboxylic acids is 1. The average Bonchev–Trinajstić information content (AvgIpc) is 2.57. The van der Waals surface area contributed by atoms with Crippen molar-refractivity contribution < 1.29 is 14.7 Å². The summed E-state index contributed by atoms with van der Waals surface area (Å²) in [5.74, 6) is -0.935. The SMILES string of the molecule is NC1CCN(C(=O)NC2(C(=O)O)CCC2)C1. The zero-order chi connectivity index (χ0) is 11.8. The van der Waals surface area contributed by atoms with Crippen molar-refractivity contribution in [3.8, 4) is 0 Å². The number of nitrogens with zero attached hydrogens (tertiary/aromatic N) is 1. The molecule has 0 aromatic rings. The summed E-state index contributed by atoms with van der Waals surface area (Å²) in [4.78, 5) is 24.5. The number of aliphatic carboxylic acids is 1. The van der Waals surface area contributed by atoms with Crippen LogP contribution in [0.2, 0.25) is 0 Å². The van der Waals surface area contributed by atoms with E-state index in [2.05, 4.69) is 5.32 Å². The van der Waals surface area contributed by atoms with Crippen LogP contribution in [-0.4, -0.2) is 46.7 Å². The Morgan fingerprint density at radius 1 is 1.44 bits per heavy atom. The summed E-state index contributed by atoms with van der Waals surface area (Å²) < 4.78 is 0. The molecule has 0 radical (unpaired) electrons. The molecule has 1 atom stereocenters. The number of hydrogen-bond donors (Lipinski definition) is 3. The number of rotatable bonds is 2. The van der Waals surface area contributed by atoms with Gasteiger partial charge in [-0.25, -0.2) is 9.59 Å². The Bertz CT molecular complexity index is 314. The van der Waals surface area contributed by atoms with Crippen LogP contribution in [0.1, 0.15) is 25.7 Å². The maximum absolute atomic E-state index is 11.8. The van der Waals surface area contributed by atoms with Crippen LogP contribution < -0.4 is 11.1 Å². The topological polar surface area (TPSA) is 95.7 Å². The lowest BCUT2D eigenvalue weighted by molar-refractivity contribution is -0.148. The number of nitrogens with two attached hydrogens (primary N) is 1. The summed E-state index contributed by atoms with van der Waals surface area (Å²) >= 11 is 0. The first-order chi connectivity index (χ1) is 7.53. The van der Waals surface area contributed by atoms with Gasteiger partial charge in [-0.05, 0) is 25.7 Å². The third kappa shape index (κ3) is 1.84. The fourth-order valence-electron chi connectivity index (χ4n) is 2.18. The van der Waals surface area contributed by atoms with E-state index in [0.29, 0.717) is 25.9 Å². The van der Waals surface area contributed by atoms with Gasteiger partial charge in [0.1, 0.15) is 5.54 Å². The molecular formula is C10H17N3O3. The van der Waals surface area contributed by atoms with Crippen molar-refractivity contribution in [1.29, 1.82) is 0 Å². The van der Waals surface area contributed by atoms with Crippen molar-refractivity contribution in [2.75, 3.05) is 13.1 Å². The zero-order valence-electron chi connectivity index (χ0n) is 9.11. The van der Waals surface area contributed by atoms with Crippen LogP contribution in [0.15, 0.2) is 0 Å². The van der Waals surface area contributed by atoms with E-state index in [4.69, 9.17) is 10.8 Å². The van der Waals surface area contributed by atoms with E-state index >= 15 is 0 Å². The lowest BCUT2D eigenvalue weighted by Gasteiger charge is -2.39. The number of likely N-dealkylation sites (tertiary alicyclic amines) is 1. The third-order valence-corrected chi connectivity index (χ3v) is 3.47. The molecule has 1 unspecified atom stereocenters. The lowest BCUT2D eigenvalue weighted by atomic mass is 9.77. The monoisotopic (exact) mass is 227 g/mol. The van der Waals surface area contributed by atoms with Crippen molar-refractivity contribution >= 4 is 12.0 Å². The van der Waals surface area contributed by atoms with Crippen LogP contribution in [0, 0.1) is 0 Å². The highest BCUT2D eigenvalue weighted by molar-refractivity contribution is 5.87. The van der Waals surface area contributed by atoms with Gasteiger partial charge in [-0.1, -0.05) is 0 Å². The first-order valence-corrected chi connectivity index (χ1v) is 5.59. The van der Waals surface area contributed by atoms with Gasteiger partial charge in [0, 0.05) is 19.1 Å². The Morgan fingerprint density at radius 2 is 2.12 bits per heavy atom. The minimum atomic E-state index is -1.02. The smallest absolute Gasteiger partial charge is 0.329 e. The molecule has 0 aromatic heterocycles. The number of hydrogen-bond acceptors (Lipinski definition) is 3. The first kappa shape index (κ1) is 11.2. The highest BCUT2D eigenvalue weighted by atomic mass is 16.4. The number of carbonyl (C=O) groups is 2. The van der Waals surface area contributed by atoms with Gasteiger partial charge in [0.25, 0.3) is 0 Å². The van der Waals surface area contributed by atoms with Crippen molar-refractivity contribution in [2.24, 2.45) is 5.73 Å². The minimum absolute atomic E-state index is 0.0212. The summed E-state index contributed by atoms with van der Waals surface area (Å²) in [7, 11) is 0. The summed E-state index contributed by atoms with van der Waals surface area (Å²) in [5.41, 5.74) is 4.67. The zero-order valence-corrected chi connectivity index (χ0v) is 9.11. The van der Waals surface area contributed by atoms with E-state index in [1.54, 1.807) is 4.90 Å². The molecule has 0 aromatic carbocycles. The molecule has 2 aliphatic rings. The predicted molar refractivity (Wildman–Crippen MR) is 56.9 cm³/mol. The Labute approximate surface area is 93.8 Å². The lowest BCUT2D eigenvalue weighted by Crippen LogP contribution is -2.61. The summed E-state index contributed by atoms with van der Waals surface area (Å²) in [5, 5.41) is 11.7. The normalized spacial score (nSPS) is 27.3. The fraction of sp³-hybridized carbons (Fsp3) is 0.800. The second-order valence-corrected chi connectivity index (χ2v) is 4.67. The van der Waals surface area contributed by atoms with E-state index in [0.717, 1.165) is 12.8 Å². The van der Waals surface area contributed by atoms with Gasteiger partial charge in [-0.2, -0.15) is 0 Å². The van der Waals surface area contributed by atoms with Crippen molar-refractivity contribution in [2.45, 2.75) is 37.3 Å². The van der Waals surface area contributed by atoms with E-state index < -0.39 is 11.5 Å². The van der Waals surface area contributed by atoms with Crippen molar-refractivity contribution in [3.05, 3.63) is 0 Å². The fourth-order valence-corrected chi connectivity index (χ4v) is 2.18. The van der Waals surface area contributed by atoms with Gasteiger partial charge in [0.05, 0.1) is 0 Å². The molecule has 2 fully saturated rings. The highest BCUT2D eigenvalue weighted by Crippen LogP contribution is 2.32. The summed E-state index contributed by atoms with van der Waals surface area (Å²) in [6.45, 7) is 1.13. The van der Waals surface area contributed by atoms with Crippen molar-refractivity contribution in [3.63, 3.8) is 0 Å². The second kappa shape index (κ2) is 3.93. The molecule has 0 bridgehead atoms. The largest absolute Gasteiger partial charge is 0.480 e. The quantitative estimate of drug-likeness (QED) is 0.605. The molecule has 1 aliphatic heterocycles. The van der Waals surface area contributed by atoms with Crippen LogP contribution in [-0.2, 0) is 4.79 Å². The molecular weight excluding hydrogens is 210 g/mol. The van der Waals surface area contributed by atoms with Gasteiger partial charge >= 0.3 is 12.0 Å². The number of urea groups is 1. The molecule has 0 spiro atoms. The van der Waals surface area contributed by atoms with E-state index in [9.17, 15) is 9.59 Å². The predicted octanol–water partition coefficient (Wildman–Crippen LogP) is -0.264. The Hall–Kier alpha value is -1.30. The van der Waals surface area contributed by atoms with E-state index in [1.165, 1.54) is 0 Å². The molecule has 16 heavy (non-hydrogen) atoms. The molecule has 1 heterocycles. The average molecular weight is 227 g/mol. The van der Waals surface area contributed by atoms with Crippen LogP contribution >= 0.6 is 0 Å². The van der Waals surface area contributed by atoms with E-state index in [-0.39, 0.29) is 12.1 Å². The molecule has 1 saturated carbocycles. The molecule has 6 heteroatoms. The van der Waals surface area contributed by atoms with Gasteiger partial charge < -0.3 is 21.1 Å². The first-order valence-electron chi connectivity index (χ1n) is 5.59. The summed E-state index contributed by atoms with van der Waals surface area (Å²) in [6, 6.07) is -0.275. The molecule has 4 N–H and O–H groups in total. The molecule has 90 valence electrons. The molecule has 1 aliphatic carbocycles. The molecule has 2 amide bonds. The standard InChI is InChI=1S/C10H17N3O3/c11-7-2-5-13(6-7)9(16)12-10(8(14)15)3-1-4-10/h7H,1-6,11H2,(H,12,16)(H,14,15). The number of nitrogens with one attached hydrogen (secondary N) is 1. The molecule has 2 rings (SSSR count). The van der Waals surface area contributed by atoms with Crippen LogP contribution in [0.5, 0.6) is 0 Å². The van der Waals surface area contributed by atoms with Gasteiger partial charge in [-0.15, -0.1) is 0 Å². The van der Waals surface area contributed by atoms with E-state index in [1.807, 2.05) is 0 Å². The number of carboxylic acid groups (broad SMARTS) is 1. The second-order valence-electron chi connectivity index (χ2n) is 4.67. The van der Waals surface area contributed by atoms with Crippen molar-refractivity contribution in [1.82, 2.24) is 10.2 Å². The summed E-state index contributed by atoms with van der Waals surface area (Å²) in [6.07, 6.45) is 2.68.